The van der Waals surface area contributed by atoms with Crippen LogP contribution in [0.3, 0.4) is 0 Å². The van der Waals surface area contributed by atoms with E-state index in [1.165, 1.54) is 0 Å². The van der Waals surface area contributed by atoms with Gasteiger partial charge in [0.05, 0.1) is 18.1 Å². The van der Waals surface area contributed by atoms with Crippen molar-refractivity contribution in [1.82, 2.24) is 14.7 Å². The minimum absolute atomic E-state index is 0.0318. The van der Waals surface area contributed by atoms with Gasteiger partial charge in [0.15, 0.2) is 0 Å². The van der Waals surface area contributed by atoms with Gasteiger partial charge in [-0.25, -0.2) is 0 Å². The first-order chi connectivity index (χ1) is 11.7. The second-order valence-electron chi connectivity index (χ2n) is 6.93. The first-order valence-corrected chi connectivity index (χ1v) is 8.43. The van der Waals surface area contributed by atoms with Crippen LogP contribution in [0.2, 0.25) is 0 Å². The van der Waals surface area contributed by atoms with Gasteiger partial charge in [-0.1, -0.05) is 24.3 Å². The standard InChI is InChI=1S/C21H33N3O/c1-10-16(22(4)5)15-13-14-19(25)21(18(12-3)24(8)9)20(15)17(11-2)23(6)7/h10-14,16-18,25H,1-3H2,4-9H3. The molecule has 1 aromatic carbocycles. The van der Waals surface area contributed by atoms with E-state index in [1.807, 2.05) is 71.5 Å². The van der Waals surface area contributed by atoms with Crippen molar-refractivity contribution < 1.29 is 5.11 Å². The molecule has 0 amide bonds. The highest BCUT2D eigenvalue weighted by Gasteiger charge is 2.29. The SMILES string of the molecule is C=CC(c1ccc(O)c(C(C=C)N(C)C)c1C(C=C)N(C)C)N(C)C. The van der Waals surface area contributed by atoms with E-state index in [0.717, 1.165) is 16.7 Å². The summed E-state index contributed by atoms with van der Waals surface area (Å²) in [5.41, 5.74) is 3.03. The Morgan fingerprint density at radius 2 is 1.12 bits per heavy atom. The van der Waals surface area contributed by atoms with E-state index in [4.69, 9.17) is 0 Å². The molecule has 25 heavy (non-hydrogen) atoms. The molecule has 0 saturated carbocycles. The lowest BCUT2D eigenvalue weighted by Gasteiger charge is -2.34. The second-order valence-corrected chi connectivity index (χ2v) is 6.93. The second kappa shape index (κ2) is 8.99. The van der Waals surface area contributed by atoms with Crippen molar-refractivity contribution in [1.29, 1.82) is 0 Å². The number of aromatic hydroxyl groups is 1. The number of likely N-dealkylation sites (N-methyl/N-ethyl adjacent to an activating group) is 3. The minimum Gasteiger partial charge on any atom is -0.508 e. The van der Waals surface area contributed by atoms with Gasteiger partial charge in [-0.05, 0) is 59.5 Å². The van der Waals surface area contributed by atoms with E-state index in [0.29, 0.717) is 0 Å². The Bertz CT molecular complexity index is 620. The molecule has 3 unspecified atom stereocenters. The summed E-state index contributed by atoms with van der Waals surface area (Å²) in [5.74, 6) is 0.271. The normalized spacial score (nSPS) is 15.2. The summed E-state index contributed by atoms with van der Waals surface area (Å²) in [4.78, 5) is 6.26. The molecular weight excluding hydrogens is 310 g/mol. The minimum atomic E-state index is -0.107. The molecule has 0 heterocycles. The Morgan fingerprint density at radius 3 is 1.48 bits per heavy atom. The summed E-state index contributed by atoms with van der Waals surface area (Å²) >= 11 is 0. The van der Waals surface area contributed by atoms with Crippen LogP contribution in [0.1, 0.15) is 34.8 Å². The number of nitrogens with zero attached hydrogens (tertiary/aromatic N) is 3. The molecule has 1 N–H and O–H groups in total. The molecule has 0 radical (unpaired) electrons. The molecule has 4 heteroatoms. The Kier molecular flexibility index (Phi) is 7.61. The summed E-state index contributed by atoms with van der Waals surface area (Å²) in [6, 6.07) is 3.64. The molecule has 0 aliphatic carbocycles. The zero-order valence-electron chi connectivity index (χ0n) is 16.5. The summed E-state index contributed by atoms with van der Waals surface area (Å²) in [6.45, 7) is 12.0. The van der Waals surface area contributed by atoms with Crippen LogP contribution in [0, 0.1) is 0 Å². The van der Waals surface area contributed by atoms with Crippen molar-refractivity contribution in [3.63, 3.8) is 0 Å². The van der Waals surface area contributed by atoms with E-state index >= 15 is 0 Å². The molecule has 138 valence electrons. The summed E-state index contributed by atoms with van der Waals surface area (Å²) in [6.07, 6.45) is 5.69. The van der Waals surface area contributed by atoms with Gasteiger partial charge in [-0.15, -0.1) is 19.7 Å². The van der Waals surface area contributed by atoms with Crippen molar-refractivity contribution in [2.24, 2.45) is 0 Å². The van der Waals surface area contributed by atoms with Gasteiger partial charge >= 0.3 is 0 Å². The average molecular weight is 344 g/mol. The fourth-order valence-corrected chi connectivity index (χ4v) is 3.33. The molecule has 1 rings (SSSR count). The van der Waals surface area contributed by atoms with E-state index in [9.17, 15) is 5.11 Å². The van der Waals surface area contributed by atoms with Gasteiger partial charge in [0.1, 0.15) is 5.75 Å². The number of rotatable bonds is 9. The first-order valence-electron chi connectivity index (χ1n) is 8.43. The Morgan fingerprint density at radius 1 is 0.720 bits per heavy atom. The summed E-state index contributed by atoms with van der Waals surface area (Å²) < 4.78 is 0. The molecule has 0 aliphatic rings. The fourth-order valence-electron chi connectivity index (χ4n) is 3.33. The maximum Gasteiger partial charge on any atom is 0.121 e. The maximum absolute atomic E-state index is 10.7. The van der Waals surface area contributed by atoms with Crippen molar-refractivity contribution in [3.8, 4) is 5.75 Å². The third kappa shape index (κ3) is 4.40. The first kappa shape index (κ1) is 21.2. The quantitative estimate of drug-likeness (QED) is 0.692. The van der Waals surface area contributed by atoms with Crippen LogP contribution in [-0.4, -0.2) is 62.1 Å². The number of hydrogen-bond donors (Lipinski definition) is 1. The maximum atomic E-state index is 10.7. The lowest BCUT2D eigenvalue weighted by Crippen LogP contribution is -2.28. The Balaban J connectivity index is 3.89. The lowest BCUT2D eigenvalue weighted by atomic mass is 9.85. The van der Waals surface area contributed by atoms with Crippen molar-refractivity contribution in [2.45, 2.75) is 18.1 Å². The third-order valence-corrected chi connectivity index (χ3v) is 4.55. The van der Waals surface area contributed by atoms with Crippen molar-refractivity contribution in [3.05, 3.63) is 66.8 Å². The van der Waals surface area contributed by atoms with Crippen LogP contribution in [0.4, 0.5) is 0 Å². The molecule has 0 aromatic heterocycles. The van der Waals surface area contributed by atoms with E-state index < -0.39 is 0 Å². The van der Waals surface area contributed by atoms with Gasteiger partial charge in [0.2, 0.25) is 0 Å². The molecule has 3 atom stereocenters. The molecule has 0 fully saturated rings. The number of phenolic OH excluding ortho intramolecular Hbond substituents is 1. The predicted molar refractivity (Wildman–Crippen MR) is 108 cm³/mol. The molecular formula is C21H33N3O. The monoisotopic (exact) mass is 343 g/mol. The molecule has 4 nitrogen and oxygen atoms in total. The third-order valence-electron chi connectivity index (χ3n) is 4.55. The van der Waals surface area contributed by atoms with Crippen LogP contribution >= 0.6 is 0 Å². The zero-order chi connectivity index (χ0) is 19.3. The summed E-state index contributed by atoms with van der Waals surface area (Å²) in [7, 11) is 12.0. The number of benzene rings is 1. The van der Waals surface area contributed by atoms with Gasteiger partial charge in [-0.2, -0.15) is 0 Å². The molecule has 0 spiro atoms. The number of hydrogen-bond acceptors (Lipinski definition) is 4. The van der Waals surface area contributed by atoms with Gasteiger partial charge < -0.3 is 5.11 Å². The summed E-state index contributed by atoms with van der Waals surface area (Å²) in [5, 5.41) is 10.7. The van der Waals surface area contributed by atoms with Crippen LogP contribution in [0.25, 0.3) is 0 Å². The molecule has 0 aliphatic heterocycles. The highest BCUT2D eigenvalue weighted by Crippen LogP contribution is 2.41. The highest BCUT2D eigenvalue weighted by atomic mass is 16.3. The fraction of sp³-hybridized carbons (Fsp3) is 0.429. The average Bonchev–Trinajstić information content (AvgIpc) is 2.52. The molecule has 1 aromatic rings. The van der Waals surface area contributed by atoms with Crippen LogP contribution < -0.4 is 0 Å². The Labute approximate surface area is 153 Å². The Hall–Kier alpha value is -1.88. The van der Waals surface area contributed by atoms with E-state index in [-0.39, 0.29) is 23.9 Å². The van der Waals surface area contributed by atoms with E-state index in [2.05, 4.69) is 29.5 Å². The van der Waals surface area contributed by atoms with Crippen LogP contribution in [0.5, 0.6) is 5.75 Å². The van der Waals surface area contributed by atoms with Crippen LogP contribution in [-0.2, 0) is 0 Å². The molecule has 0 bridgehead atoms. The van der Waals surface area contributed by atoms with Crippen molar-refractivity contribution in [2.75, 3.05) is 42.3 Å². The van der Waals surface area contributed by atoms with Crippen molar-refractivity contribution >= 4 is 0 Å². The smallest absolute Gasteiger partial charge is 0.121 e. The van der Waals surface area contributed by atoms with Gasteiger partial charge in [0.25, 0.3) is 0 Å². The van der Waals surface area contributed by atoms with E-state index in [1.54, 1.807) is 6.07 Å². The highest BCUT2D eigenvalue weighted by molar-refractivity contribution is 5.52. The largest absolute Gasteiger partial charge is 0.508 e. The van der Waals surface area contributed by atoms with Gasteiger partial charge in [0, 0.05) is 5.56 Å². The van der Waals surface area contributed by atoms with Crippen LogP contribution in [0.15, 0.2) is 50.1 Å². The zero-order valence-corrected chi connectivity index (χ0v) is 16.5. The predicted octanol–water partition coefficient (Wildman–Crippen LogP) is 3.76. The number of phenols is 1. The molecule has 0 saturated heterocycles. The topological polar surface area (TPSA) is 30.0 Å². The lowest BCUT2D eigenvalue weighted by molar-refractivity contribution is 0.308. The van der Waals surface area contributed by atoms with Gasteiger partial charge in [-0.3, -0.25) is 14.7 Å².